The number of hydrogen-bond donors (Lipinski definition) is 1. The van der Waals surface area contributed by atoms with Gasteiger partial charge in [-0.15, -0.1) is 0 Å². The summed E-state index contributed by atoms with van der Waals surface area (Å²) in [6.45, 7) is 2.26. The Hall–Kier alpha value is -1.22. The third-order valence-corrected chi connectivity index (χ3v) is 3.46. The normalized spacial score (nSPS) is 17.0. The zero-order chi connectivity index (χ0) is 11.8. The van der Waals surface area contributed by atoms with E-state index in [9.17, 15) is 5.11 Å². The largest absolute Gasteiger partial charge is 0.493 e. The maximum atomic E-state index is 9.45. The van der Waals surface area contributed by atoms with Gasteiger partial charge in [0.2, 0.25) is 0 Å². The predicted molar refractivity (Wildman–Crippen MR) is 62.3 cm³/mol. The number of methoxy groups -OCH3 is 2. The second kappa shape index (κ2) is 3.98. The average Bonchev–Trinajstić information content (AvgIpc) is 3.09. The van der Waals surface area contributed by atoms with Crippen molar-refractivity contribution in [2.45, 2.75) is 25.2 Å². The molecule has 0 aromatic heterocycles. The summed E-state index contributed by atoms with van der Waals surface area (Å²) >= 11 is 0. The molecule has 1 aliphatic rings. The second-order valence-corrected chi connectivity index (χ2v) is 4.46. The summed E-state index contributed by atoms with van der Waals surface area (Å²) in [7, 11) is 3.27. The molecular formula is C13H18O3. The van der Waals surface area contributed by atoms with E-state index in [2.05, 4.69) is 0 Å². The number of aryl methyl sites for hydroxylation is 1. The third kappa shape index (κ3) is 1.65. The number of aliphatic hydroxyl groups is 1. The van der Waals surface area contributed by atoms with Gasteiger partial charge in [-0.25, -0.2) is 0 Å². The van der Waals surface area contributed by atoms with Crippen LogP contribution in [0.4, 0.5) is 0 Å². The van der Waals surface area contributed by atoms with Crippen LogP contribution in [0, 0.1) is 6.92 Å². The first-order chi connectivity index (χ1) is 7.66. The Morgan fingerprint density at radius 3 is 2.19 bits per heavy atom. The molecule has 0 aliphatic heterocycles. The van der Waals surface area contributed by atoms with E-state index in [0.29, 0.717) is 0 Å². The number of ether oxygens (including phenoxy) is 2. The standard InChI is InChI=1S/C13H18O3/c1-9-6-11(15-2)12(16-3)7-10(9)13(8-14)4-5-13/h6-7,14H,4-5,8H2,1-3H3. The molecule has 0 unspecified atom stereocenters. The van der Waals surface area contributed by atoms with E-state index in [0.717, 1.165) is 29.9 Å². The van der Waals surface area contributed by atoms with Crippen molar-refractivity contribution in [1.29, 1.82) is 0 Å². The van der Waals surface area contributed by atoms with Crippen molar-refractivity contribution in [2.75, 3.05) is 20.8 Å². The highest BCUT2D eigenvalue weighted by molar-refractivity contribution is 5.51. The van der Waals surface area contributed by atoms with Gasteiger partial charge in [-0.2, -0.15) is 0 Å². The first-order valence-corrected chi connectivity index (χ1v) is 5.51. The zero-order valence-electron chi connectivity index (χ0n) is 10.0. The molecule has 0 spiro atoms. The molecule has 2 rings (SSSR count). The molecular weight excluding hydrogens is 204 g/mol. The topological polar surface area (TPSA) is 38.7 Å². The summed E-state index contributed by atoms with van der Waals surface area (Å²) in [4.78, 5) is 0. The monoisotopic (exact) mass is 222 g/mol. The van der Waals surface area contributed by atoms with Gasteiger partial charge in [0.25, 0.3) is 0 Å². The molecule has 0 bridgehead atoms. The summed E-state index contributed by atoms with van der Waals surface area (Å²) in [6, 6.07) is 3.97. The lowest BCUT2D eigenvalue weighted by Gasteiger charge is -2.18. The number of benzene rings is 1. The Balaban J connectivity index is 2.47. The van der Waals surface area contributed by atoms with Crippen LogP contribution in [0.2, 0.25) is 0 Å². The predicted octanol–water partition coefficient (Wildman–Crippen LogP) is 2.04. The summed E-state index contributed by atoms with van der Waals surface area (Å²) in [6.07, 6.45) is 2.11. The fourth-order valence-corrected chi connectivity index (χ4v) is 2.22. The molecule has 3 heteroatoms. The highest BCUT2D eigenvalue weighted by atomic mass is 16.5. The van der Waals surface area contributed by atoms with Crippen LogP contribution in [-0.2, 0) is 5.41 Å². The molecule has 0 heterocycles. The molecule has 16 heavy (non-hydrogen) atoms. The van der Waals surface area contributed by atoms with Crippen LogP contribution < -0.4 is 9.47 Å². The van der Waals surface area contributed by atoms with Gasteiger partial charge in [-0.3, -0.25) is 0 Å². The minimum Gasteiger partial charge on any atom is -0.493 e. The van der Waals surface area contributed by atoms with Crippen molar-refractivity contribution in [3.63, 3.8) is 0 Å². The summed E-state index contributed by atoms with van der Waals surface area (Å²) in [5.74, 6) is 1.49. The third-order valence-electron chi connectivity index (χ3n) is 3.46. The van der Waals surface area contributed by atoms with Gasteiger partial charge in [0.15, 0.2) is 11.5 Å². The van der Waals surface area contributed by atoms with Crippen LogP contribution in [-0.4, -0.2) is 25.9 Å². The van der Waals surface area contributed by atoms with Crippen LogP contribution in [0.3, 0.4) is 0 Å². The lowest BCUT2D eigenvalue weighted by atomic mass is 9.92. The number of hydrogen-bond acceptors (Lipinski definition) is 3. The molecule has 0 amide bonds. The molecule has 1 aliphatic carbocycles. The molecule has 1 aromatic carbocycles. The van der Waals surface area contributed by atoms with Gasteiger partial charge in [0.1, 0.15) is 0 Å². The first-order valence-electron chi connectivity index (χ1n) is 5.51. The van der Waals surface area contributed by atoms with E-state index in [-0.39, 0.29) is 12.0 Å². The van der Waals surface area contributed by atoms with Crippen LogP contribution in [0.5, 0.6) is 11.5 Å². The Labute approximate surface area is 96.0 Å². The molecule has 88 valence electrons. The van der Waals surface area contributed by atoms with Gasteiger partial charge in [0, 0.05) is 5.41 Å². The molecule has 1 aromatic rings. The van der Waals surface area contributed by atoms with Gasteiger partial charge in [0.05, 0.1) is 20.8 Å². The van der Waals surface area contributed by atoms with Crippen molar-refractivity contribution in [3.05, 3.63) is 23.3 Å². The Morgan fingerprint density at radius 1 is 1.19 bits per heavy atom. The SMILES string of the molecule is COc1cc(C)c(C2(CO)CC2)cc1OC. The van der Waals surface area contributed by atoms with Crippen LogP contribution >= 0.6 is 0 Å². The van der Waals surface area contributed by atoms with Gasteiger partial charge < -0.3 is 14.6 Å². The van der Waals surface area contributed by atoms with Crippen molar-refractivity contribution in [1.82, 2.24) is 0 Å². The fraction of sp³-hybridized carbons (Fsp3) is 0.538. The van der Waals surface area contributed by atoms with Crippen LogP contribution in [0.25, 0.3) is 0 Å². The maximum Gasteiger partial charge on any atom is 0.161 e. The van der Waals surface area contributed by atoms with E-state index in [1.54, 1.807) is 14.2 Å². The fourth-order valence-electron chi connectivity index (χ4n) is 2.22. The van der Waals surface area contributed by atoms with E-state index in [1.165, 1.54) is 5.56 Å². The summed E-state index contributed by atoms with van der Waals surface area (Å²) in [5, 5.41) is 9.45. The minimum atomic E-state index is -0.0242. The van der Waals surface area contributed by atoms with E-state index < -0.39 is 0 Å². The average molecular weight is 222 g/mol. The molecule has 1 fully saturated rings. The molecule has 3 nitrogen and oxygen atoms in total. The molecule has 0 saturated heterocycles. The number of rotatable bonds is 4. The molecule has 0 radical (unpaired) electrons. The van der Waals surface area contributed by atoms with Crippen molar-refractivity contribution in [3.8, 4) is 11.5 Å². The highest BCUT2D eigenvalue weighted by Gasteiger charge is 2.45. The zero-order valence-corrected chi connectivity index (χ0v) is 10.0. The lowest BCUT2D eigenvalue weighted by molar-refractivity contribution is 0.254. The number of aliphatic hydroxyl groups excluding tert-OH is 1. The lowest BCUT2D eigenvalue weighted by Crippen LogP contribution is -2.14. The van der Waals surface area contributed by atoms with Gasteiger partial charge in [-0.05, 0) is 43.0 Å². The second-order valence-electron chi connectivity index (χ2n) is 4.46. The van der Waals surface area contributed by atoms with Gasteiger partial charge >= 0.3 is 0 Å². The summed E-state index contributed by atoms with van der Waals surface area (Å²) in [5.41, 5.74) is 2.32. The first kappa shape index (κ1) is 11.3. The van der Waals surface area contributed by atoms with Crippen LogP contribution in [0.1, 0.15) is 24.0 Å². The highest BCUT2D eigenvalue weighted by Crippen LogP contribution is 2.50. The molecule has 0 atom stereocenters. The maximum absolute atomic E-state index is 9.45. The van der Waals surface area contributed by atoms with E-state index >= 15 is 0 Å². The van der Waals surface area contributed by atoms with Crippen molar-refractivity contribution in [2.24, 2.45) is 0 Å². The Morgan fingerprint density at radius 2 is 1.75 bits per heavy atom. The molecule has 1 N–H and O–H groups in total. The van der Waals surface area contributed by atoms with E-state index in [4.69, 9.17) is 9.47 Å². The van der Waals surface area contributed by atoms with Crippen molar-refractivity contribution >= 4 is 0 Å². The summed E-state index contributed by atoms with van der Waals surface area (Å²) < 4.78 is 10.5. The van der Waals surface area contributed by atoms with Crippen molar-refractivity contribution < 1.29 is 14.6 Å². The molecule has 1 saturated carbocycles. The Bertz CT molecular complexity index is 394. The smallest absolute Gasteiger partial charge is 0.161 e. The van der Waals surface area contributed by atoms with Crippen LogP contribution in [0.15, 0.2) is 12.1 Å². The minimum absolute atomic E-state index is 0.0242. The Kier molecular flexibility index (Phi) is 2.80. The quantitative estimate of drug-likeness (QED) is 0.847. The van der Waals surface area contributed by atoms with Gasteiger partial charge in [-0.1, -0.05) is 0 Å². The van der Waals surface area contributed by atoms with E-state index in [1.807, 2.05) is 19.1 Å².